The third kappa shape index (κ3) is 7.43. The Labute approximate surface area is 185 Å². The van der Waals surface area contributed by atoms with Gasteiger partial charge in [0, 0.05) is 19.4 Å². The fraction of sp³-hybridized carbons (Fsp3) is 0.864. The number of nitrogens with one attached hydrogen (secondary N) is 1. The number of ketones is 1. The summed E-state index contributed by atoms with van der Waals surface area (Å²) in [6.07, 6.45) is 6.17. The van der Waals surface area contributed by atoms with Crippen LogP contribution >= 0.6 is 0 Å². The molecule has 9 nitrogen and oxygen atoms in total. The lowest BCUT2D eigenvalue weighted by Gasteiger charge is -2.37. The van der Waals surface area contributed by atoms with Gasteiger partial charge in [-0.2, -0.15) is 0 Å². The molecule has 2 saturated heterocycles. The molecule has 3 N–H and O–H groups in total. The van der Waals surface area contributed by atoms with Crippen molar-refractivity contribution < 1.29 is 29.3 Å². The molecule has 4 atom stereocenters. The van der Waals surface area contributed by atoms with Gasteiger partial charge in [0.25, 0.3) is 0 Å². The maximum atomic E-state index is 12.4. The van der Waals surface area contributed by atoms with E-state index in [0.717, 1.165) is 12.8 Å². The van der Waals surface area contributed by atoms with Gasteiger partial charge in [-0.15, -0.1) is 0 Å². The number of hydrogen-bond acceptors (Lipinski definition) is 6. The molecule has 0 aromatic heterocycles. The van der Waals surface area contributed by atoms with Crippen LogP contribution < -0.4 is 5.32 Å². The number of unbranched alkanes of at least 4 members (excludes halogenated alkanes) is 8. The molecule has 9 heteroatoms. The summed E-state index contributed by atoms with van der Waals surface area (Å²) in [5, 5.41) is 23.0. The van der Waals surface area contributed by atoms with Gasteiger partial charge >= 0.3 is 12.1 Å². The first kappa shape index (κ1) is 25.5. The summed E-state index contributed by atoms with van der Waals surface area (Å²) < 4.78 is 5.69. The Hall–Kier alpha value is -1.71. The van der Waals surface area contributed by atoms with Crippen molar-refractivity contribution in [3.8, 4) is 0 Å². The van der Waals surface area contributed by atoms with Gasteiger partial charge in [-0.1, -0.05) is 58.3 Å². The average molecular weight is 442 g/mol. The number of aliphatic hydroxyl groups excluding tert-OH is 2. The fourth-order valence-electron chi connectivity index (χ4n) is 4.12. The number of Topliss-reactive ketones (excluding diaryl/α,β-unsaturated/α-hetero) is 1. The van der Waals surface area contributed by atoms with Crippen LogP contribution in [0.4, 0.5) is 9.59 Å². The van der Waals surface area contributed by atoms with Crippen LogP contribution in [0.5, 0.6) is 0 Å². The van der Waals surface area contributed by atoms with Crippen molar-refractivity contribution in [2.24, 2.45) is 0 Å². The fourth-order valence-corrected chi connectivity index (χ4v) is 4.12. The molecular weight excluding hydrogens is 402 g/mol. The Balaban J connectivity index is 1.71. The highest BCUT2D eigenvalue weighted by Gasteiger charge is 2.46. The molecule has 0 spiro atoms. The first-order valence-electron chi connectivity index (χ1n) is 11.8. The summed E-state index contributed by atoms with van der Waals surface area (Å²) in [6, 6.07) is -1.09. The number of aliphatic hydroxyl groups is 2. The van der Waals surface area contributed by atoms with Gasteiger partial charge in [0.1, 0.15) is 25.1 Å². The molecule has 0 bridgehead atoms. The maximum absolute atomic E-state index is 12.4. The zero-order chi connectivity index (χ0) is 22.8. The Bertz CT molecular complexity index is 602. The standard InChI is InChI=1S/C22H39N3O6/c1-3-5-6-7-8-9-10-11-12-13-16(26)19(28)20-17(27)14-18(31-20)25-15-24(4-2)21(29)23-22(25)30/h17-20,27-28H,3-15H2,1-2H3,(H,23,29,30)/t17-,18+,19?,20-/m0/s1. The van der Waals surface area contributed by atoms with Crippen LogP contribution in [0.15, 0.2) is 0 Å². The van der Waals surface area contributed by atoms with Crippen LogP contribution in [0.1, 0.15) is 84.5 Å². The lowest BCUT2D eigenvalue weighted by Crippen LogP contribution is -2.61. The van der Waals surface area contributed by atoms with E-state index in [4.69, 9.17) is 4.74 Å². The molecular formula is C22H39N3O6. The smallest absolute Gasteiger partial charge is 0.328 e. The zero-order valence-electron chi connectivity index (χ0n) is 18.9. The van der Waals surface area contributed by atoms with E-state index in [-0.39, 0.29) is 25.3 Å². The monoisotopic (exact) mass is 441 g/mol. The number of amides is 4. The molecule has 0 aromatic carbocycles. The molecule has 0 aliphatic carbocycles. The minimum atomic E-state index is -1.43. The largest absolute Gasteiger partial charge is 0.390 e. The molecule has 4 amide bonds. The van der Waals surface area contributed by atoms with E-state index in [1.807, 2.05) is 0 Å². The van der Waals surface area contributed by atoms with Crippen LogP contribution in [0.25, 0.3) is 0 Å². The minimum absolute atomic E-state index is 0.0355. The van der Waals surface area contributed by atoms with Crippen LogP contribution in [-0.4, -0.2) is 75.6 Å². The van der Waals surface area contributed by atoms with Crippen molar-refractivity contribution in [3.05, 3.63) is 0 Å². The zero-order valence-corrected chi connectivity index (χ0v) is 18.9. The SMILES string of the molecule is CCCCCCCCCCCC(=O)C(O)[C@H]1O[C@@H](N2CN(CC)C(=O)NC2=O)C[C@@H]1O. The van der Waals surface area contributed by atoms with E-state index in [2.05, 4.69) is 12.2 Å². The van der Waals surface area contributed by atoms with E-state index in [0.29, 0.717) is 13.0 Å². The number of rotatable bonds is 14. The Kier molecular flexibility index (Phi) is 10.7. The molecule has 2 aliphatic heterocycles. The highest BCUT2D eigenvalue weighted by atomic mass is 16.5. The van der Waals surface area contributed by atoms with Crippen LogP contribution in [0.2, 0.25) is 0 Å². The lowest BCUT2D eigenvalue weighted by molar-refractivity contribution is -0.143. The second-order valence-electron chi connectivity index (χ2n) is 8.55. The van der Waals surface area contributed by atoms with Crippen molar-refractivity contribution in [2.75, 3.05) is 13.2 Å². The Morgan fingerprint density at radius 2 is 1.68 bits per heavy atom. The minimum Gasteiger partial charge on any atom is -0.390 e. The highest BCUT2D eigenvalue weighted by Crippen LogP contribution is 2.28. The molecule has 1 unspecified atom stereocenters. The summed E-state index contributed by atoms with van der Waals surface area (Å²) in [5.41, 5.74) is 0. The number of carbonyl (C=O) groups excluding carboxylic acids is 3. The quantitative estimate of drug-likeness (QED) is 0.357. The summed E-state index contributed by atoms with van der Waals surface area (Å²) in [6.45, 7) is 4.44. The Morgan fingerprint density at radius 3 is 2.29 bits per heavy atom. The number of carbonyl (C=O) groups is 3. The maximum Gasteiger partial charge on any atom is 0.328 e. The third-order valence-electron chi connectivity index (χ3n) is 6.12. The molecule has 2 heterocycles. The van der Waals surface area contributed by atoms with Crippen LogP contribution in [0, 0.1) is 0 Å². The van der Waals surface area contributed by atoms with Crippen molar-refractivity contribution >= 4 is 17.8 Å². The Morgan fingerprint density at radius 1 is 1.06 bits per heavy atom. The predicted octanol–water partition coefficient (Wildman–Crippen LogP) is 2.74. The van der Waals surface area contributed by atoms with Gasteiger partial charge in [0.2, 0.25) is 0 Å². The molecule has 178 valence electrons. The third-order valence-corrected chi connectivity index (χ3v) is 6.12. The van der Waals surface area contributed by atoms with Crippen molar-refractivity contribution in [2.45, 2.75) is 109 Å². The van der Waals surface area contributed by atoms with Crippen LogP contribution in [-0.2, 0) is 9.53 Å². The van der Waals surface area contributed by atoms with Crippen molar-refractivity contribution in [3.63, 3.8) is 0 Å². The average Bonchev–Trinajstić information content (AvgIpc) is 3.13. The van der Waals surface area contributed by atoms with Gasteiger partial charge in [0.05, 0.1) is 6.10 Å². The van der Waals surface area contributed by atoms with E-state index in [1.54, 1.807) is 6.92 Å². The second-order valence-corrected chi connectivity index (χ2v) is 8.55. The highest BCUT2D eigenvalue weighted by molar-refractivity contribution is 5.95. The van der Waals surface area contributed by atoms with Crippen molar-refractivity contribution in [1.82, 2.24) is 15.1 Å². The molecule has 0 aromatic rings. The summed E-state index contributed by atoms with van der Waals surface area (Å²) >= 11 is 0. The van der Waals surface area contributed by atoms with Gasteiger partial charge in [-0.25, -0.2) is 9.59 Å². The normalized spacial score (nSPS) is 25.1. The number of nitrogens with zero attached hydrogens (tertiary/aromatic N) is 2. The first-order chi connectivity index (χ1) is 14.9. The molecule has 0 saturated carbocycles. The summed E-state index contributed by atoms with van der Waals surface area (Å²) in [4.78, 5) is 39.0. The number of hydrogen-bond donors (Lipinski definition) is 3. The van der Waals surface area contributed by atoms with Crippen molar-refractivity contribution in [1.29, 1.82) is 0 Å². The van der Waals surface area contributed by atoms with Crippen LogP contribution in [0.3, 0.4) is 0 Å². The summed E-state index contributed by atoms with van der Waals surface area (Å²) in [5.74, 6) is -0.346. The number of urea groups is 2. The number of ether oxygens (including phenoxy) is 1. The van der Waals surface area contributed by atoms with Gasteiger partial charge in [-0.3, -0.25) is 15.0 Å². The van der Waals surface area contributed by atoms with Gasteiger partial charge < -0.3 is 19.8 Å². The molecule has 0 radical (unpaired) electrons. The first-order valence-corrected chi connectivity index (χ1v) is 11.8. The second kappa shape index (κ2) is 13.0. The molecule has 2 rings (SSSR count). The van der Waals surface area contributed by atoms with E-state index in [9.17, 15) is 24.6 Å². The number of imide groups is 1. The van der Waals surface area contributed by atoms with E-state index in [1.165, 1.54) is 48.3 Å². The van der Waals surface area contributed by atoms with E-state index < -0.39 is 36.6 Å². The predicted molar refractivity (Wildman–Crippen MR) is 115 cm³/mol. The van der Waals surface area contributed by atoms with Gasteiger partial charge in [0.15, 0.2) is 5.78 Å². The molecule has 2 fully saturated rings. The topological polar surface area (TPSA) is 119 Å². The molecule has 31 heavy (non-hydrogen) atoms. The van der Waals surface area contributed by atoms with Gasteiger partial charge in [-0.05, 0) is 13.3 Å². The summed E-state index contributed by atoms with van der Waals surface area (Å²) in [7, 11) is 0. The van der Waals surface area contributed by atoms with E-state index >= 15 is 0 Å². The molecule has 2 aliphatic rings. The lowest BCUT2D eigenvalue weighted by atomic mass is 9.99.